The molecule has 5 nitrogen and oxygen atoms in total. The van der Waals surface area contributed by atoms with Gasteiger partial charge >= 0.3 is 0 Å². The third-order valence-electron chi connectivity index (χ3n) is 4.11. The standard InChI is InChI=1S/C19H18N4OS/c1-24-15-7-5-14(6-8-15)22-19(10-3-2-4-11-19)23-18-17-16(9-12-25-17)20-13-21-18/h2-10,12-13,22H,11H2,1H3,(H,20,21,23). The number of hydrogen-bond acceptors (Lipinski definition) is 6. The number of methoxy groups -OCH3 is 1. The zero-order valence-corrected chi connectivity index (χ0v) is 14.6. The van der Waals surface area contributed by atoms with Crippen molar-refractivity contribution in [2.45, 2.75) is 12.1 Å². The van der Waals surface area contributed by atoms with E-state index in [1.165, 1.54) is 0 Å². The first-order valence-corrected chi connectivity index (χ1v) is 8.89. The third kappa shape index (κ3) is 3.21. The van der Waals surface area contributed by atoms with Crippen molar-refractivity contribution in [3.63, 3.8) is 0 Å². The Bertz CT molecular complexity index is 932. The first kappa shape index (κ1) is 15.7. The Morgan fingerprint density at radius 2 is 1.96 bits per heavy atom. The Labute approximate surface area is 150 Å². The van der Waals surface area contributed by atoms with Gasteiger partial charge in [0.1, 0.15) is 23.6 Å². The van der Waals surface area contributed by atoms with Gasteiger partial charge < -0.3 is 15.4 Å². The second-order valence-corrected chi connectivity index (χ2v) is 6.71. The number of thiophene rings is 1. The van der Waals surface area contributed by atoms with Crippen molar-refractivity contribution in [1.29, 1.82) is 0 Å². The van der Waals surface area contributed by atoms with E-state index >= 15 is 0 Å². The molecule has 126 valence electrons. The van der Waals surface area contributed by atoms with Crippen LogP contribution in [0.1, 0.15) is 6.42 Å². The van der Waals surface area contributed by atoms with Crippen LogP contribution in [0.5, 0.6) is 5.75 Å². The van der Waals surface area contributed by atoms with Gasteiger partial charge in [0.25, 0.3) is 0 Å². The third-order valence-corrected chi connectivity index (χ3v) is 5.02. The number of hydrogen-bond donors (Lipinski definition) is 2. The van der Waals surface area contributed by atoms with Crippen LogP contribution in [0, 0.1) is 0 Å². The molecular weight excluding hydrogens is 332 g/mol. The average molecular weight is 350 g/mol. The number of anilines is 2. The number of ether oxygens (including phenoxy) is 1. The highest BCUT2D eigenvalue weighted by Crippen LogP contribution is 2.31. The molecule has 1 aliphatic carbocycles. The maximum absolute atomic E-state index is 5.24. The molecule has 3 aromatic rings. The van der Waals surface area contributed by atoms with Crippen molar-refractivity contribution in [1.82, 2.24) is 9.97 Å². The molecule has 0 fully saturated rings. The molecular formula is C19H18N4OS. The van der Waals surface area contributed by atoms with Gasteiger partial charge in [0, 0.05) is 12.1 Å². The molecule has 0 aliphatic heterocycles. The van der Waals surface area contributed by atoms with E-state index in [0.717, 1.165) is 33.9 Å². The van der Waals surface area contributed by atoms with Crippen LogP contribution in [-0.4, -0.2) is 22.7 Å². The van der Waals surface area contributed by atoms with Gasteiger partial charge in [-0.2, -0.15) is 0 Å². The molecule has 1 aliphatic rings. The minimum Gasteiger partial charge on any atom is -0.497 e. The van der Waals surface area contributed by atoms with Crippen LogP contribution in [-0.2, 0) is 0 Å². The Morgan fingerprint density at radius 3 is 2.72 bits per heavy atom. The molecule has 2 aromatic heterocycles. The summed E-state index contributed by atoms with van der Waals surface area (Å²) in [6.07, 6.45) is 10.7. The van der Waals surface area contributed by atoms with Crippen LogP contribution in [0.25, 0.3) is 10.2 Å². The molecule has 4 rings (SSSR count). The molecule has 1 unspecified atom stereocenters. The van der Waals surface area contributed by atoms with Gasteiger partial charge in [-0.05, 0) is 41.8 Å². The van der Waals surface area contributed by atoms with E-state index in [-0.39, 0.29) is 0 Å². The number of allylic oxidation sites excluding steroid dienone is 2. The fraction of sp³-hybridized carbons (Fsp3) is 0.158. The highest BCUT2D eigenvalue weighted by Gasteiger charge is 2.28. The molecule has 2 heterocycles. The topological polar surface area (TPSA) is 59.1 Å². The molecule has 0 amide bonds. The highest BCUT2D eigenvalue weighted by molar-refractivity contribution is 7.17. The zero-order chi connectivity index (χ0) is 17.1. The molecule has 6 heteroatoms. The summed E-state index contributed by atoms with van der Waals surface area (Å²) in [7, 11) is 1.67. The smallest absolute Gasteiger partial charge is 0.149 e. The number of aromatic nitrogens is 2. The first-order valence-electron chi connectivity index (χ1n) is 8.01. The Morgan fingerprint density at radius 1 is 1.08 bits per heavy atom. The van der Waals surface area contributed by atoms with Crippen molar-refractivity contribution in [3.8, 4) is 5.75 Å². The minimum atomic E-state index is -0.450. The quantitative estimate of drug-likeness (QED) is 0.666. The molecule has 0 saturated heterocycles. The monoisotopic (exact) mass is 350 g/mol. The lowest BCUT2D eigenvalue weighted by Gasteiger charge is -2.35. The van der Waals surface area contributed by atoms with Crippen LogP contribution in [0.4, 0.5) is 11.5 Å². The SMILES string of the molecule is COc1ccc(NC2(Nc3ncnc4ccsc34)C=CC=CC2)cc1. The lowest BCUT2D eigenvalue weighted by molar-refractivity contribution is 0.415. The zero-order valence-electron chi connectivity index (χ0n) is 13.8. The van der Waals surface area contributed by atoms with Crippen LogP contribution in [0.3, 0.4) is 0 Å². The van der Waals surface area contributed by atoms with E-state index in [1.54, 1.807) is 24.8 Å². The van der Waals surface area contributed by atoms with Crippen LogP contribution in [0.2, 0.25) is 0 Å². The van der Waals surface area contributed by atoms with Crippen molar-refractivity contribution in [2.75, 3.05) is 17.7 Å². The fourth-order valence-electron chi connectivity index (χ4n) is 2.86. The molecule has 25 heavy (non-hydrogen) atoms. The van der Waals surface area contributed by atoms with E-state index < -0.39 is 5.66 Å². The predicted octanol–water partition coefficient (Wildman–Crippen LogP) is 4.44. The summed E-state index contributed by atoms with van der Waals surface area (Å²) in [5.41, 5.74) is 1.51. The van der Waals surface area contributed by atoms with E-state index in [1.807, 2.05) is 41.8 Å². The maximum Gasteiger partial charge on any atom is 0.149 e. The summed E-state index contributed by atoms with van der Waals surface area (Å²) in [5.74, 6) is 1.67. The molecule has 2 N–H and O–H groups in total. The number of fused-ring (bicyclic) bond motifs is 1. The van der Waals surface area contributed by atoms with Gasteiger partial charge in [0.2, 0.25) is 0 Å². The fourth-order valence-corrected chi connectivity index (χ4v) is 3.65. The summed E-state index contributed by atoms with van der Waals surface area (Å²) in [4.78, 5) is 8.77. The molecule has 1 atom stereocenters. The molecule has 0 radical (unpaired) electrons. The maximum atomic E-state index is 5.24. The van der Waals surface area contributed by atoms with Gasteiger partial charge in [-0.3, -0.25) is 0 Å². The lowest BCUT2D eigenvalue weighted by atomic mass is 10.00. The summed E-state index contributed by atoms with van der Waals surface area (Å²) in [6, 6.07) is 9.92. The van der Waals surface area contributed by atoms with Crippen molar-refractivity contribution in [2.24, 2.45) is 0 Å². The summed E-state index contributed by atoms with van der Waals surface area (Å²) >= 11 is 1.64. The summed E-state index contributed by atoms with van der Waals surface area (Å²) in [5, 5.41) is 9.20. The molecule has 0 bridgehead atoms. The van der Waals surface area contributed by atoms with Gasteiger partial charge in [-0.25, -0.2) is 9.97 Å². The number of nitrogens with one attached hydrogen (secondary N) is 2. The Balaban J connectivity index is 1.66. The molecule has 0 spiro atoms. The molecule has 0 saturated carbocycles. The van der Waals surface area contributed by atoms with E-state index in [2.05, 4.69) is 38.8 Å². The highest BCUT2D eigenvalue weighted by atomic mass is 32.1. The predicted molar refractivity (Wildman–Crippen MR) is 103 cm³/mol. The van der Waals surface area contributed by atoms with E-state index in [4.69, 9.17) is 4.74 Å². The normalized spacial score (nSPS) is 19.1. The van der Waals surface area contributed by atoms with Gasteiger partial charge in [-0.15, -0.1) is 11.3 Å². The Hall–Kier alpha value is -2.86. The van der Waals surface area contributed by atoms with E-state index in [0.29, 0.717) is 0 Å². The largest absolute Gasteiger partial charge is 0.497 e. The van der Waals surface area contributed by atoms with Crippen molar-refractivity contribution >= 4 is 33.1 Å². The number of nitrogens with zero attached hydrogens (tertiary/aromatic N) is 2. The summed E-state index contributed by atoms with van der Waals surface area (Å²) in [6.45, 7) is 0. The van der Waals surface area contributed by atoms with Crippen molar-refractivity contribution < 1.29 is 4.74 Å². The summed E-state index contributed by atoms with van der Waals surface area (Å²) < 4.78 is 6.29. The van der Waals surface area contributed by atoms with Gasteiger partial charge in [0.05, 0.1) is 17.3 Å². The minimum absolute atomic E-state index is 0.450. The van der Waals surface area contributed by atoms with Crippen molar-refractivity contribution in [3.05, 3.63) is 66.3 Å². The number of benzene rings is 1. The van der Waals surface area contributed by atoms with Gasteiger partial charge in [0.15, 0.2) is 0 Å². The van der Waals surface area contributed by atoms with Crippen LogP contribution < -0.4 is 15.4 Å². The van der Waals surface area contributed by atoms with Crippen LogP contribution >= 0.6 is 11.3 Å². The average Bonchev–Trinajstić information content (AvgIpc) is 3.13. The second-order valence-electron chi connectivity index (χ2n) is 5.80. The van der Waals surface area contributed by atoms with E-state index in [9.17, 15) is 0 Å². The number of rotatable bonds is 5. The molecule has 1 aromatic carbocycles. The Kier molecular flexibility index (Phi) is 4.11. The first-order chi connectivity index (χ1) is 12.3. The second kappa shape index (κ2) is 6.57. The lowest BCUT2D eigenvalue weighted by Crippen LogP contribution is -2.44. The van der Waals surface area contributed by atoms with Crippen LogP contribution in [0.15, 0.2) is 66.3 Å². The van der Waals surface area contributed by atoms with Gasteiger partial charge in [-0.1, -0.05) is 18.2 Å².